The second-order valence-electron chi connectivity index (χ2n) is 10.3. The van der Waals surface area contributed by atoms with Crippen molar-refractivity contribution in [2.24, 2.45) is 5.41 Å². The summed E-state index contributed by atoms with van der Waals surface area (Å²) in [5.41, 5.74) is -0.851. The van der Waals surface area contributed by atoms with Crippen LogP contribution in [0.15, 0.2) is 0 Å². The van der Waals surface area contributed by atoms with Gasteiger partial charge in [0, 0.05) is 13.2 Å². The first-order chi connectivity index (χ1) is 18.0. The number of ether oxygens (including phenoxy) is 2. The van der Waals surface area contributed by atoms with Gasteiger partial charge in [0.05, 0.1) is 31.8 Å². The molecule has 224 valence electrons. The minimum Gasteiger partial charge on any atom is -0.381 e. The van der Waals surface area contributed by atoms with Crippen LogP contribution in [0.25, 0.3) is 0 Å². The molecule has 0 saturated heterocycles. The average Bonchev–Trinajstić information content (AvgIpc) is 2.87. The number of hydrogen-bond acceptors (Lipinski definition) is 8. The van der Waals surface area contributed by atoms with Crippen LogP contribution in [0.2, 0.25) is 0 Å². The molecule has 0 spiro atoms. The maximum atomic E-state index is 9.29. The molecule has 0 aliphatic heterocycles. The summed E-state index contributed by atoms with van der Waals surface area (Å²) in [6.45, 7) is 5.93. The second-order valence-corrected chi connectivity index (χ2v) is 11.8. The van der Waals surface area contributed by atoms with Crippen LogP contribution < -0.4 is 0 Å². The Labute approximate surface area is 229 Å². The number of rotatable bonds is 30. The Kier molecular flexibility index (Phi) is 28.5. The molecule has 10 heteroatoms. The van der Waals surface area contributed by atoms with Crippen molar-refractivity contribution in [3.63, 3.8) is 0 Å². The van der Waals surface area contributed by atoms with Gasteiger partial charge in [-0.2, -0.15) is 0 Å². The van der Waals surface area contributed by atoms with Gasteiger partial charge in [0.2, 0.25) is 0 Å². The molecule has 0 saturated carbocycles. The highest BCUT2D eigenvalue weighted by molar-refractivity contribution is 7.39. The molecule has 0 fully saturated rings. The minimum atomic E-state index is -2.55. The lowest BCUT2D eigenvalue weighted by atomic mass is 9.92. The minimum absolute atomic E-state index is 0.0651. The fraction of sp³-hybridized carbons (Fsp3) is 1.00. The van der Waals surface area contributed by atoms with E-state index in [2.05, 4.69) is 13.8 Å². The molecule has 4 N–H and O–H groups in total. The van der Waals surface area contributed by atoms with Crippen LogP contribution in [0.3, 0.4) is 0 Å². The molecule has 0 aliphatic carbocycles. The topological polar surface area (TPSA) is 118 Å². The third-order valence-electron chi connectivity index (χ3n) is 6.57. The molecule has 0 rings (SSSR count). The van der Waals surface area contributed by atoms with Gasteiger partial charge < -0.3 is 38.1 Å². The van der Waals surface area contributed by atoms with Crippen molar-refractivity contribution in [3.05, 3.63) is 0 Å². The molecule has 0 aromatic carbocycles. The molecule has 0 radical (unpaired) electrons. The summed E-state index contributed by atoms with van der Waals surface area (Å²) in [5.74, 6) is 0. The van der Waals surface area contributed by atoms with E-state index in [1.165, 1.54) is 89.9 Å². The van der Waals surface area contributed by atoms with Gasteiger partial charge in [0.1, 0.15) is 0 Å². The zero-order valence-corrected chi connectivity index (χ0v) is 25.6. The number of hydrogen-bond donors (Lipinski definition) is 4. The van der Waals surface area contributed by atoms with Crippen LogP contribution in [0, 0.1) is 5.41 Å². The van der Waals surface area contributed by atoms with Gasteiger partial charge in [-0.05, 0) is 12.8 Å². The Balaban J connectivity index is 4.35. The lowest BCUT2D eigenvalue weighted by Crippen LogP contribution is -2.41. The van der Waals surface area contributed by atoms with E-state index < -0.39 is 22.6 Å². The lowest BCUT2D eigenvalue weighted by Gasteiger charge is -2.32. The maximum Gasteiger partial charge on any atom is 0.327 e. The van der Waals surface area contributed by atoms with Crippen molar-refractivity contribution in [1.82, 2.24) is 0 Å². The highest BCUT2D eigenvalue weighted by atomic mass is 31.2. The van der Waals surface area contributed by atoms with E-state index in [1.807, 2.05) is 0 Å². The fourth-order valence-corrected chi connectivity index (χ4v) is 5.02. The molecular weight excluding hydrogens is 514 g/mol. The summed E-state index contributed by atoms with van der Waals surface area (Å²) in [6, 6.07) is 0. The zero-order chi connectivity index (χ0) is 27.5. The van der Waals surface area contributed by atoms with Gasteiger partial charge >= 0.3 is 17.2 Å². The van der Waals surface area contributed by atoms with Crippen LogP contribution in [0.4, 0.5) is 0 Å². The first-order valence-electron chi connectivity index (χ1n) is 14.7. The van der Waals surface area contributed by atoms with Crippen molar-refractivity contribution < 1.29 is 38.1 Å². The fourth-order valence-electron chi connectivity index (χ4n) is 4.25. The molecule has 0 amide bonds. The lowest BCUT2D eigenvalue weighted by molar-refractivity contribution is -0.0703. The SMILES string of the molecule is CCCCCCCCCCCOCC(COCCCCCCCCCCC)(COP(O)O)COP(O)O. The molecule has 0 aromatic heterocycles. The van der Waals surface area contributed by atoms with Crippen molar-refractivity contribution >= 4 is 17.2 Å². The maximum absolute atomic E-state index is 9.29. The first kappa shape index (κ1) is 37.5. The molecule has 0 aromatic rings. The van der Waals surface area contributed by atoms with Crippen LogP contribution in [-0.4, -0.2) is 59.2 Å². The molecule has 0 unspecified atom stereocenters. The summed E-state index contributed by atoms with van der Waals surface area (Å²) < 4.78 is 22.1. The molecule has 37 heavy (non-hydrogen) atoms. The highest BCUT2D eigenvalue weighted by Crippen LogP contribution is 2.34. The Morgan fingerprint density at radius 2 is 0.730 bits per heavy atom. The predicted octanol–water partition coefficient (Wildman–Crippen LogP) is 7.52. The van der Waals surface area contributed by atoms with Crippen LogP contribution in [0.1, 0.15) is 129 Å². The van der Waals surface area contributed by atoms with E-state index in [1.54, 1.807) is 0 Å². The Hall–Kier alpha value is 0.540. The van der Waals surface area contributed by atoms with Gasteiger partial charge in [-0.15, -0.1) is 0 Å². The third kappa shape index (κ3) is 26.5. The zero-order valence-electron chi connectivity index (χ0n) is 23.8. The molecule has 0 atom stereocenters. The van der Waals surface area contributed by atoms with E-state index in [9.17, 15) is 19.6 Å². The van der Waals surface area contributed by atoms with Crippen molar-refractivity contribution in [2.45, 2.75) is 129 Å². The Morgan fingerprint density at radius 3 is 1.03 bits per heavy atom. The van der Waals surface area contributed by atoms with Crippen LogP contribution in [-0.2, 0) is 18.5 Å². The largest absolute Gasteiger partial charge is 0.381 e. The summed E-state index contributed by atoms with van der Waals surface area (Å²) in [5, 5.41) is 0. The molecule has 8 nitrogen and oxygen atoms in total. The quantitative estimate of drug-likeness (QED) is 0.0516. The van der Waals surface area contributed by atoms with E-state index in [0.29, 0.717) is 13.2 Å². The molecular formula is C27H58O8P2. The molecule has 0 heterocycles. The van der Waals surface area contributed by atoms with Crippen LogP contribution in [0.5, 0.6) is 0 Å². The van der Waals surface area contributed by atoms with Gasteiger partial charge in [0.15, 0.2) is 0 Å². The normalized spacial score (nSPS) is 12.3. The predicted molar refractivity (Wildman–Crippen MR) is 153 cm³/mol. The average molecular weight is 573 g/mol. The highest BCUT2D eigenvalue weighted by Gasteiger charge is 2.34. The molecule has 0 bridgehead atoms. The van der Waals surface area contributed by atoms with E-state index >= 15 is 0 Å². The summed E-state index contributed by atoms with van der Waals surface area (Å²) in [7, 11) is -5.09. The number of unbranched alkanes of at least 4 members (excludes halogenated alkanes) is 16. The van der Waals surface area contributed by atoms with Crippen LogP contribution >= 0.6 is 17.2 Å². The van der Waals surface area contributed by atoms with Gasteiger partial charge in [-0.25, -0.2) is 0 Å². The van der Waals surface area contributed by atoms with Gasteiger partial charge in [-0.1, -0.05) is 117 Å². The Bertz CT molecular complexity index is 418. The monoisotopic (exact) mass is 572 g/mol. The second kappa shape index (κ2) is 28.1. The summed E-state index contributed by atoms with van der Waals surface area (Å²) in [4.78, 5) is 37.2. The summed E-state index contributed by atoms with van der Waals surface area (Å²) in [6.07, 6.45) is 22.2. The van der Waals surface area contributed by atoms with Crippen molar-refractivity contribution in [1.29, 1.82) is 0 Å². The third-order valence-corrected chi connectivity index (χ3v) is 7.29. The van der Waals surface area contributed by atoms with Gasteiger partial charge in [-0.3, -0.25) is 0 Å². The summed E-state index contributed by atoms with van der Waals surface area (Å²) >= 11 is 0. The smallest absolute Gasteiger partial charge is 0.327 e. The van der Waals surface area contributed by atoms with E-state index in [-0.39, 0.29) is 26.4 Å². The van der Waals surface area contributed by atoms with Gasteiger partial charge in [0.25, 0.3) is 0 Å². The Morgan fingerprint density at radius 1 is 0.432 bits per heavy atom. The van der Waals surface area contributed by atoms with Crippen molar-refractivity contribution in [2.75, 3.05) is 39.6 Å². The first-order valence-corrected chi connectivity index (χ1v) is 17.1. The van der Waals surface area contributed by atoms with E-state index in [0.717, 1.165) is 25.7 Å². The molecule has 0 aliphatic rings. The van der Waals surface area contributed by atoms with Crippen molar-refractivity contribution in [3.8, 4) is 0 Å². The van der Waals surface area contributed by atoms with E-state index in [4.69, 9.17) is 18.5 Å². The standard InChI is InChI=1S/C27H58O8P2/c1-3-5-7-9-11-13-15-17-19-21-32-23-27(25-34-36(28)29,26-35-37(30)31)24-33-22-20-18-16-14-12-10-8-6-4-2/h28-31H,3-26H2,1-2H3.